The summed E-state index contributed by atoms with van der Waals surface area (Å²) in [5.74, 6) is 2.55. The predicted molar refractivity (Wildman–Crippen MR) is 123 cm³/mol. The molecule has 4 nitrogen and oxygen atoms in total. The Bertz CT molecular complexity index is 1010. The highest BCUT2D eigenvalue weighted by Crippen LogP contribution is 2.59. The van der Waals surface area contributed by atoms with Crippen LogP contribution in [0.3, 0.4) is 0 Å². The number of nitrogens with one attached hydrogen (secondary N) is 1. The van der Waals surface area contributed by atoms with Crippen molar-refractivity contribution in [3.05, 3.63) is 40.5 Å². The van der Waals surface area contributed by atoms with Gasteiger partial charge in [0.2, 0.25) is 0 Å². The van der Waals surface area contributed by atoms with Gasteiger partial charge in [0.1, 0.15) is 0 Å². The fourth-order valence-corrected chi connectivity index (χ4v) is 7.21. The highest BCUT2D eigenvalue weighted by Gasteiger charge is 2.50. The van der Waals surface area contributed by atoms with E-state index in [0.29, 0.717) is 22.4 Å². The van der Waals surface area contributed by atoms with Gasteiger partial charge in [-0.25, -0.2) is 0 Å². The Morgan fingerprint density at radius 3 is 2.48 bits per heavy atom. The first-order valence-corrected chi connectivity index (χ1v) is 12.2. The Kier molecular flexibility index (Phi) is 5.65. The molecule has 0 atom stereocenters. The Morgan fingerprint density at radius 2 is 1.81 bits per heavy atom. The van der Waals surface area contributed by atoms with E-state index in [4.69, 9.17) is 21.8 Å². The third kappa shape index (κ3) is 4.17. The Balaban J connectivity index is 1.31. The molecule has 1 aromatic carbocycles. The quantitative estimate of drug-likeness (QED) is 0.536. The van der Waals surface area contributed by atoms with E-state index in [1.807, 2.05) is 18.2 Å². The van der Waals surface area contributed by atoms with E-state index in [9.17, 15) is 4.79 Å². The van der Waals surface area contributed by atoms with E-state index in [0.717, 1.165) is 60.2 Å². The second kappa shape index (κ2) is 8.43. The number of fused-ring (bicyclic) bond motifs is 1. The van der Waals surface area contributed by atoms with Gasteiger partial charge < -0.3 is 5.32 Å². The van der Waals surface area contributed by atoms with Gasteiger partial charge in [0, 0.05) is 24.0 Å². The summed E-state index contributed by atoms with van der Waals surface area (Å²) in [6.45, 7) is 0.770. The highest BCUT2D eigenvalue weighted by molar-refractivity contribution is 6.35. The van der Waals surface area contributed by atoms with Crippen LogP contribution in [0.2, 0.25) is 5.02 Å². The van der Waals surface area contributed by atoms with Gasteiger partial charge in [-0.2, -0.15) is 5.26 Å². The van der Waals surface area contributed by atoms with Crippen LogP contribution in [-0.4, -0.2) is 17.4 Å². The number of carbonyl (C=O) groups is 1. The lowest BCUT2D eigenvalue weighted by Crippen LogP contribution is -2.51. The molecule has 0 unspecified atom stereocenters. The smallest absolute Gasteiger partial charge is 0.253 e. The van der Waals surface area contributed by atoms with Gasteiger partial charge in [0.05, 0.1) is 22.2 Å². The van der Waals surface area contributed by atoms with Crippen molar-refractivity contribution in [3.63, 3.8) is 0 Å². The fraction of sp³-hybridized carbons (Fsp3) is 0.577. The van der Waals surface area contributed by atoms with Crippen molar-refractivity contribution in [2.75, 3.05) is 6.54 Å². The van der Waals surface area contributed by atoms with Gasteiger partial charge >= 0.3 is 0 Å². The van der Waals surface area contributed by atoms with Gasteiger partial charge in [-0.3, -0.25) is 9.78 Å². The van der Waals surface area contributed by atoms with Crippen LogP contribution in [0, 0.1) is 34.5 Å². The number of aryl methyl sites for hydroxylation is 1. The molecule has 5 heteroatoms. The normalized spacial score (nSPS) is 28.6. The third-order valence-corrected chi connectivity index (χ3v) is 8.18. The number of nitriles is 1. The number of unbranched alkanes of at least 4 members (excludes halogenated alkanes) is 2. The van der Waals surface area contributed by atoms with Gasteiger partial charge in [0.25, 0.3) is 5.91 Å². The van der Waals surface area contributed by atoms with Crippen LogP contribution in [-0.2, 0) is 6.42 Å². The topological polar surface area (TPSA) is 65.8 Å². The van der Waals surface area contributed by atoms with Gasteiger partial charge in [-0.05, 0) is 99.2 Å². The van der Waals surface area contributed by atoms with Crippen molar-refractivity contribution in [3.8, 4) is 6.07 Å². The number of rotatable bonds is 7. The maximum atomic E-state index is 13.2. The van der Waals surface area contributed by atoms with E-state index < -0.39 is 0 Å². The number of hydrogen-bond donors (Lipinski definition) is 1. The fourth-order valence-electron chi connectivity index (χ4n) is 6.96. The third-order valence-electron chi connectivity index (χ3n) is 7.87. The molecule has 0 aliphatic heterocycles. The van der Waals surface area contributed by atoms with Crippen molar-refractivity contribution in [1.82, 2.24) is 10.3 Å². The molecule has 4 fully saturated rings. The van der Waals surface area contributed by atoms with Crippen LogP contribution in [0.1, 0.15) is 73.8 Å². The SMILES string of the molecule is N#CCCCCc1ccc2c(C(=O)NCC34CC5CC(CC(C5)C3)C4)c(Cl)ccc2n1. The predicted octanol–water partition coefficient (Wildman–Crippen LogP) is 6.07. The molecule has 162 valence electrons. The zero-order valence-electron chi connectivity index (χ0n) is 18.0. The molecular weight excluding hydrogens is 406 g/mol. The average molecular weight is 436 g/mol. The number of hydrogen-bond acceptors (Lipinski definition) is 3. The Hall–Kier alpha value is -2.12. The van der Waals surface area contributed by atoms with Crippen LogP contribution < -0.4 is 5.32 Å². The van der Waals surface area contributed by atoms with E-state index in [-0.39, 0.29) is 5.91 Å². The van der Waals surface area contributed by atoms with E-state index in [2.05, 4.69) is 11.4 Å². The summed E-state index contributed by atoms with van der Waals surface area (Å²) >= 11 is 6.49. The highest BCUT2D eigenvalue weighted by atomic mass is 35.5. The summed E-state index contributed by atoms with van der Waals surface area (Å²) < 4.78 is 0. The zero-order chi connectivity index (χ0) is 21.4. The second-order valence-electron chi connectivity index (χ2n) is 10.3. The van der Waals surface area contributed by atoms with E-state index in [1.54, 1.807) is 6.07 Å². The lowest BCUT2D eigenvalue weighted by atomic mass is 9.49. The van der Waals surface area contributed by atoms with Crippen molar-refractivity contribution in [2.24, 2.45) is 23.2 Å². The van der Waals surface area contributed by atoms with E-state index >= 15 is 0 Å². The molecule has 4 saturated carbocycles. The van der Waals surface area contributed by atoms with Crippen LogP contribution >= 0.6 is 11.6 Å². The van der Waals surface area contributed by atoms with Crippen molar-refractivity contribution in [1.29, 1.82) is 5.26 Å². The number of aromatic nitrogens is 1. The molecule has 0 radical (unpaired) electrons. The molecule has 1 amide bonds. The molecule has 1 heterocycles. The van der Waals surface area contributed by atoms with Gasteiger partial charge in [-0.15, -0.1) is 0 Å². The van der Waals surface area contributed by atoms with Crippen LogP contribution in [0.25, 0.3) is 10.9 Å². The molecule has 0 saturated heterocycles. The maximum Gasteiger partial charge on any atom is 0.253 e. The van der Waals surface area contributed by atoms with Gasteiger partial charge in [-0.1, -0.05) is 17.7 Å². The minimum absolute atomic E-state index is 0.0742. The molecular formula is C26H30ClN3O. The van der Waals surface area contributed by atoms with Crippen molar-refractivity contribution >= 4 is 28.4 Å². The molecule has 4 aliphatic rings. The zero-order valence-corrected chi connectivity index (χ0v) is 18.8. The van der Waals surface area contributed by atoms with Gasteiger partial charge in [0.15, 0.2) is 0 Å². The largest absolute Gasteiger partial charge is 0.351 e. The molecule has 6 rings (SSSR count). The minimum atomic E-state index is -0.0742. The Morgan fingerprint density at radius 1 is 1.10 bits per heavy atom. The number of nitrogens with zero attached hydrogens (tertiary/aromatic N) is 2. The standard InChI is InChI=1S/C26H30ClN3O/c27-22-7-8-23-21(6-5-20(30-23)4-2-1-3-9-28)24(22)25(31)29-16-26-13-17-10-18(14-26)12-19(11-17)15-26/h5-8,17-19H,1-4,10-16H2,(H,29,31). The molecule has 4 bridgehead atoms. The number of amides is 1. The first-order valence-electron chi connectivity index (χ1n) is 11.8. The monoisotopic (exact) mass is 435 g/mol. The molecule has 31 heavy (non-hydrogen) atoms. The summed E-state index contributed by atoms with van der Waals surface area (Å²) in [6, 6.07) is 9.83. The number of carbonyl (C=O) groups excluding carboxylic acids is 1. The van der Waals surface area contributed by atoms with Crippen molar-refractivity contribution in [2.45, 2.75) is 64.2 Å². The van der Waals surface area contributed by atoms with Crippen LogP contribution in [0.4, 0.5) is 0 Å². The molecule has 1 aromatic heterocycles. The van der Waals surface area contributed by atoms with Crippen molar-refractivity contribution < 1.29 is 4.79 Å². The molecule has 2 aromatic rings. The number of pyridine rings is 1. The number of benzene rings is 1. The summed E-state index contributed by atoms with van der Waals surface area (Å²) in [6.07, 6.45) is 11.3. The molecule has 1 N–H and O–H groups in total. The van der Waals surface area contributed by atoms with E-state index in [1.165, 1.54) is 38.5 Å². The number of halogens is 1. The Labute approximate surface area is 189 Å². The maximum absolute atomic E-state index is 13.2. The first-order chi connectivity index (χ1) is 15.0. The second-order valence-corrected chi connectivity index (χ2v) is 10.7. The van der Waals surface area contributed by atoms with Crippen LogP contribution in [0.15, 0.2) is 24.3 Å². The first kappa shape index (κ1) is 20.8. The lowest BCUT2D eigenvalue weighted by Gasteiger charge is -2.56. The summed E-state index contributed by atoms with van der Waals surface area (Å²) in [5, 5.41) is 13.3. The van der Waals surface area contributed by atoms with Crippen LogP contribution in [0.5, 0.6) is 0 Å². The summed E-state index contributed by atoms with van der Waals surface area (Å²) in [7, 11) is 0. The minimum Gasteiger partial charge on any atom is -0.351 e. The average Bonchev–Trinajstić information content (AvgIpc) is 2.74. The molecule has 0 spiro atoms. The summed E-state index contributed by atoms with van der Waals surface area (Å²) in [5.41, 5.74) is 2.65. The lowest BCUT2D eigenvalue weighted by molar-refractivity contribution is -0.0503. The molecule has 4 aliphatic carbocycles. The summed E-state index contributed by atoms with van der Waals surface area (Å²) in [4.78, 5) is 18.0.